The van der Waals surface area contributed by atoms with Crippen molar-refractivity contribution in [2.24, 2.45) is 0 Å². The van der Waals surface area contributed by atoms with E-state index in [1.165, 1.54) is 4.68 Å². The second-order valence-electron chi connectivity index (χ2n) is 4.98. The van der Waals surface area contributed by atoms with E-state index in [-0.39, 0.29) is 11.6 Å². The van der Waals surface area contributed by atoms with Crippen LogP contribution in [0.4, 0.5) is 5.69 Å². The highest BCUT2D eigenvalue weighted by Gasteiger charge is 2.08. The third kappa shape index (κ3) is 3.95. The van der Waals surface area contributed by atoms with E-state index in [0.29, 0.717) is 13.1 Å². The first kappa shape index (κ1) is 15.3. The van der Waals surface area contributed by atoms with Gasteiger partial charge in [0.1, 0.15) is 5.76 Å². The van der Waals surface area contributed by atoms with Gasteiger partial charge in [0.15, 0.2) is 0 Å². The summed E-state index contributed by atoms with van der Waals surface area (Å²) in [7, 11) is 1.94. The fraction of sp³-hybridized carbons (Fsp3) is 0.467. The molecule has 2 rings (SSSR count). The summed E-state index contributed by atoms with van der Waals surface area (Å²) in [4.78, 5) is 14.0. The lowest BCUT2D eigenvalue weighted by Crippen LogP contribution is -2.30. The zero-order valence-corrected chi connectivity index (χ0v) is 12.7. The number of rotatable bonds is 7. The van der Waals surface area contributed by atoms with Gasteiger partial charge >= 0.3 is 0 Å². The maximum Gasteiger partial charge on any atom is 0.268 e. The van der Waals surface area contributed by atoms with E-state index in [9.17, 15) is 4.79 Å². The third-order valence-electron chi connectivity index (χ3n) is 3.51. The van der Waals surface area contributed by atoms with Crippen LogP contribution >= 0.6 is 0 Å². The Hall–Kier alpha value is -2.08. The van der Waals surface area contributed by atoms with E-state index < -0.39 is 0 Å². The Morgan fingerprint density at radius 3 is 2.95 bits per heavy atom. The number of hydrogen-bond donors (Lipinski definition) is 1. The Bertz CT molecular complexity index is 606. The molecule has 2 heterocycles. The van der Waals surface area contributed by atoms with Gasteiger partial charge in [-0.25, -0.2) is 4.68 Å². The molecule has 1 atom stereocenters. The maximum atomic E-state index is 12.0. The molecule has 0 bridgehead atoms. The van der Waals surface area contributed by atoms with Crippen LogP contribution in [0.1, 0.15) is 25.6 Å². The highest BCUT2D eigenvalue weighted by Crippen LogP contribution is 2.11. The van der Waals surface area contributed by atoms with E-state index in [2.05, 4.69) is 10.4 Å². The van der Waals surface area contributed by atoms with Gasteiger partial charge in [-0.05, 0) is 26.0 Å². The van der Waals surface area contributed by atoms with Crippen LogP contribution in [0.25, 0.3) is 0 Å². The molecule has 1 N–H and O–H groups in total. The van der Waals surface area contributed by atoms with Gasteiger partial charge in [0.05, 0.1) is 30.7 Å². The summed E-state index contributed by atoms with van der Waals surface area (Å²) in [6, 6.07) is 5.52. The van der Waals surface area contributed by atoms with Crippen LogP contribution in [-0.2, 0) is 6.54 Å². The minimum absolute atomic E-state index is 0.0831. The van der Waals surface area contributed by atoms with Crippen LogP contribution in [0, 0.1) is 0 Å². The van der Waals surface area contributed by atoms with Gasteiger partial charge in [0, 0.05) is 26.2 Å². The molecule has 0 saturated heterocycles. The lowest BCUT2D eigenvalue weighted by Gasteiger charge is -2.16. The summed E-state index contributed by atoms with van der Waals surface area (Å²) < 4.78 is 6.79. The van der Waals surface area contributed by atoms with Crippen LogP contribution < -0.4 is 15.8 Å². The molecule has 0 aromatic carbocycles. The monoisotopic (exact) mass is 290 g/mol. The molecule has 0 spiro atoms. The minimum atomic E-state index is -0.0831. The zero-order valence-electron chi connectivity index (χ0n) is 12.7. The molecule has 0 saturated carbocycles. The van der Waals surface area contributed by atoms with Crippen molar-refractivity contribution in [3.8, 4) is 0 Å². The Kier molecular flexibility index (Phi) is 5.16. The second-order valence-corrected chi connectivity index (χ2v) is 4.98. The van der Waals surface area contributed by atoms with Crippen molar-refractivity contribution in [2.75, 3.05) is 25.0 Å². The number of aromatic nitrogens is 2. The fourth-order valence-corrected chi connectivity index (χ4v) is 2.01. The fourth-order valence-electron chi connectivity index (χ4n) is 2.01. The summed E-state index contributed by atoms with van der Waals surface area (Å²) in [6.45, 7) is 6.07. The minimum Gasteiger partial charge on any atom is -0.468 e. The van der Waals surface area contributed by atoms with Crippen molar-refractivity contribution in [1.82, 2.24) is 15.1 Å². The maximum absolute atomic E-state index is 12.0. The van der Waals surface area contributed by atoms with Crippen LogP contribution in [0.5, 0.6) is 0 Å². The summed E-state index contributed by atoms with van der Waals surface area (Å²) in [5.41, 5.74) is 0.760. The summed E-state index contributed by atoms with van der Waals surface area (Å²) in [5.74, 6) is 0.884. The van der Waals surface area contributed by atoms with Crippen LogP contribution in [0.3, 0.4) is 0 Å². The van der Waals surface area contributed by atoms with E-state index in [1.807, 2.05) is 37.9 Å². The molecule has 2 aromatic heterocycles. The molecule has 6 heteroatoms. The number of anilines is 1. The van der Waals surface area contributed by atoms with Crippen LogP contribution in [-0.4, -0.2) is 29.9 Å². The largest absolute Gasteiger partial charge is 0.468 e. The van der Waals surface area contributed by atoms with Crippen molar-refractivity contribution < 1.29 is 4.42 Å². The Labute approximate surface area is 124 Å². The molecule has 0 radical (unpaired) electrons. The molecule has 21 heavy (non-hydrogen) atoms. The number of nitrogens with one attached hydrogen (secondary N) is 1. The highest BCUT2D eigenvalue weighted by molar-refractivity contribution is 5.41. The van der Waals surface area contributed by atoms with E-state index in [0.717, 1.165) is 18.0 Å². The van der Waals surface area contributed by atoms with Gasteiger partial charge in [0.2, 0.25) is 0 Å². The number of hydrogen-bond acceptors (Lipinski definition) is 5. The molecular formula is C15H22N4O2. The lowest BCUT2D eigenvalue weighted by atomic mass is 10.2. The average Bonchev–Trinajstić information content (AvgIpc) is 3.02. The van der Waals surface area contributed by atoms with Gasteiger partial charge in [-0.15, -0.1) is 0 Å². The highest BCUT2D eigenvalue weighted by atomic mass is 16.3. The number of furan rings is 1. The molecule has 114 valence electrons. The van der Waals surface area contributed by atoms with Crippen molar-refractivity contribution in [2.45, 2.75) is 26.4 Å². The van der Waals surface area contributed by atoms with Gasteiger partial charge in [0.25, 0.3) is 5.56 Å². The first-order valence-corrected chi connectivity index (χ1v) is 7.17. The van der Waals surface area contributed by atoms with Gasteiger partial charge in [-0.1, -0.05) is 0 Å². The normalized spacial score (nSPS) is 12.3. The lowest BCUT2D eigenvalue weighted by molar-refractivity contribution is 0.416. The van der Waals surface area contributed by atoms with Crippen molar-refractivity contribution in [3.63, 3.8) is 0 Å². The Balaban J connectivity index is 1.90. The van der Waals surface area contributed by atoms with Crippen molar-refractivity contribution in [3.05, 3.63) is 46.8 Å². The summed E-state index contributed by atoms with van der Waals surface area (Å²) in [5, 5.41) is 7.51. The van der Waals surface area contributed by atoms with E-state index >= 15 is 0 Å². The molecule has 0 aliphatic rings. The molecule has 0 fully saturated rings. The van der Waals surface area contributed by atoms with E-state index in [4.69, 9.17) is 4.42 Å². The summed E-state index contributed by atoms with van der Waals surface area (Å²) in [6.07, 6.45) is 3.38. The molecule has 0 aliphatic carbocycles. The van der Waals surface area contributed by atoms with Crippen molar-refractivity contribution >= 4 is 5.69 Å². The van der Waals surface area contributed by atoms with Gasteiger partial charge in [-0.2, -0.15) is 5.10 Å². The quantitative estimate of drug-likeness (QED) is 0.840. The molecule has 1 unspecified atom stereocenters. The predicted octanol–water partition coefficient (Wildman–Crippen LogP) is 1.64. The molecule has 0 amide bonds. The molecule has 2 aromatic rings. The summed E-state index contributed by atoms with van der Waals surface area (Å²) >= 11 is 0. The predicted molar refractivity (Wildman–Crippen MR) is 82.6 cm³/mol. The third-order valence-corrected chi connectivity index (χ3v) is 3.51. The topological polar surface area (TPSA) is 63.3 Å². The molecule has 0 aliphatic heterocycles. The average molecular weight is 290 g/mol. The Morgan fingerprint density at radius 1 is 1.52 bits per heavy atom. The first-order valence-electron chi connectivity index (χ1n) is 7.17. The SMILES string of the molecule is CCN(C)c1cnn(CCNC(C)c2ccco2)c(=O)c1. The molecular weight excluding hydrogens is 268 g/mol. The van der Waals surface area contributed by atoms with Crippen molar-refractivity contribution in [1.29, 1.82) is 0 Å². The Morgan fingerprint density at radius 2 is 2.33 bits per heavy atom. The second kappa shape index (κ2) is 7.08. The number of nitrogens with zero attached hydrogens (tertiary/aromatic N) is 3. The standard InChI is InChI=1S/C15H22N4O2/c1-4-18(3)13-10-15(20)19(17-11-13)8-7-16-12(2)14-6-5-9-21-14/h5-6,9-12,16H,4,7-8H2,1-3H3. The zero-order chi connectivity index (χ0) is 15.2. The van der Waals surface area contributed by atoms with E-state index in [1.54, 1.807) is 18.5 Å². The van der Waals surface area contributed by atoms with Crippen LogP contribution in [0.2, 0.25) is 0 Å². The smallest absolute Gasteiger partial charge is 0.268 e. The molecule has 6 nitrogen and oxygen atoms in total. The van der Waals surface area contributed by atoms with Gasteiger partial charge in [-0.3, -0.25) is 4.79 Å². The first-order chi connectivity index (χ1) is 10.1. The van der Waals surface area contributed by atoms with Crippen LogP contribution in [0.15, 0.2) is 39.9 Å². The van der Waals surface area contributed by atoms with Gasteiger partial charge < -0.3 is 14.6 Å².